The lowest BCUT2D eigenvalue weighted by molar-refractivity contribution is 0.0591. The monoisotopic (exact) mass is 373 g/mol. The molecule has 6 nitrogen and oxygen atoms in total. The van der Waals surface area contributed by atoms with Gasteiger partial charge in [0, 0.05) is 11.8 Å². The Morgan fingerprint density at radius 2 is 1.77 bits per heavy atom. The molecule has 0 amide bonds. The first-order valence-electron chi connectivity index (χ1n) is 8.04. The zero-order valence-corrected chi connectivity index (χ0v) is 15.4. The van der Waals surface area contributed by atoms with Gasteiger partial charge in [-0.15, -0.1) is 0 Å². The van der Waals surface area contributed by atoms with E-state index in [1.54, 1.807) is 28.8 Å². The van der Waals surface area contributed by atoms with Crippen molar-refractivity contribution in [3.05, 3.63) is 59.9 Å². The van der Waals surface area contributed by atoms with Gasteiger partial charge in [0.25, 0.3) is 0 Å². The van der Waals surface area contributed by atoms with Crippen LogP contribution in [-0.2, 0) is 14.6 Å². The van der Waals surface area contributed by atoms with E-state index in [1.165, 1.54) is 31.4 Å². The van der Waals surface area contributed by atoms with Crippen molar-refractivity contribution in [1.29, 1.82) is 0 Å². The highest BCUT2D eigenvalue weighted by molar-refractivity contribution is 7.91. The fraction of sp³-hybridized carbons (Fsp3) is 0.211. The number of ether oxygens (including phenoxy) is 1. The molecule has 0 aliphatic heterocycles. The molecular weight excluding hydrogens is 354 g/mol. The number of methoxy groups -OCH3 is 1. The van der Waals surface area contributed by atoms with Crippen LogP contribution in [0, 0.1) is 0 Å². The minimum Gasteiger partial charge on any atom is -0.508 e. The summed E-state index contributed by atoms with van der Waals surface area (Å²) in [4.78, 5) is 12.5. The summed E-state index contributed by atoms with van der Waals surface area (Å²) < 4.78 is 33.2. The number of fused-ring (bicyclic) bond motifs is 1. The average molecular weight is 373 g/mol. The maximum Gasteiger partial charge on any atom is 0.355 e. The highest BCUT2D eigenvalue weighted by Gasteiger charge is 2.33. The molecule has 0 aliphatic carbocycles. The second kappa shape index (κ2) is 6.49. The third kappa shape index (κ3) is 2.74. The van der Waals surface area contributed by atoms with Crippen LogP contribution in [0.5, 0.6) is 5.75 Å². The van der Waals surface area contributed by atoms with E-state index in [1.807, 2.05) is 13.8 Å². The molecule has 1 N–H and O–H groups in total. The lowest BCUT2D eigenvalue weighted by Gasteiger charge is -2.11. The van der Waals surface area contributed by atoms with Gasteiger partial charge < -0.3 is 14.2 Å². The van der Waals surface area contributed by atoms with Crippen molar-refractivity contribution in [3.63, 3.8) is 0 Å². The summed E-state index contributed by atoms with van der Waals surface area (Å²) in [5.41, 5.74) is 1.02. The molecular formula is C19H19NO5S. The van der Waals surface area contributed by atoms with Crippen molar-refractivity contribution in [1.82, 2.24) is 4.40 Å². The maximum atomic E-state index is 13.4. The maximum absolute atomic E-state index is 13.4. The SMILES string of the molecule is COC(=O)c1c(C(C)C)c(S(=O)(=O)c2ccc(O)cc2)c2ccccn12. The van der Waals surface area contributed by atoms with Crippen LogP contribution in [0.3, 0.4) is 0 Å². The zero-order chi connectivity index (χ0) is 19.1. The predicted molar refractivity (Wildman–Crippen MR) is 96.4 cm³/mol. The van der Waals surface area contributed by atoms with Crippen molar-refractivity contribution in [3.8, 4) is 5.75 Å². The van der Waals surface area contributed by atoms with Crippen LogP contribution in [0.1, 0.15) is 35.8 Å². The fourth-order valence-corrected chi connectivity index (χ4v) is 4.86. The fourth-order valence-electron chi connectivity index (χ4n) is 3.06. The molecule has 0 radical (unpaired) electrons. The Morgan fingerprint density at radius 3 is 2.35 bits per heavy atom. The third-order valence-corrected chi connectivity index (χ3v) is 6.06. The van der Waals surface area contributed by atoms with Crippen molar-refractivity contribution in [2.45, 2.75) is 29.6 Å². The first-order valence-corrected chi connectivity index (χ1v) is 9.52. The van der Waals surface area contributed by atoms with Gasteiger partial charge in [0.15, 0.2) is 0 Å². The summed E-state index contributed by atoms with van der Waals surface area (Å²) in [5, 5.41) is 9.46. The number of nitrogens with zero attached hydrogens (tertiary/aromatic N) is 1. The molecule has 0 atom stereocenters. The van der Waals surface area contributed by atoms with E-state index in [9.17, 15) is 18.3 Å². The first-order chi connectivity index (χ1) is 12.3. The first kappa shape index (κ1) is 18.0. The molecule has 7 heteroatoms. The number of phenols is 1. The number of phenolic OH excluding ortho intramolecular Hbond substituents is 1. The minimum atomic E-state index is -3.92. The van der Waals surface area contributed by atoms with Crippen LogP contribution in [-0.4, -0.2) is 31.0 Å². The number of aromatic hydroxyl groups is 1. The van der Waals surface area contributed by atoms with Crippen molar-refractivity contribution >= 4 is 21.3 Å². The Labute approximate surface area is 151 Å². The van der Waals surface area contributed by atoms with E-state index >= 15 is 0 Å². The van der Waals surface area contributed by atoms with Crippen LogP contribution in [0.2, 0.25) is 0 Å². The number of sulfone groups is 1. The van der Waals surface area contributed by atoms with Gasteiger partial charge >= 0.3 is 5.97 Å². The smallest absolute Gasteiger partial charge is 0.355 e. The Bertz CT molecular complexity index is 1080. The van der Waals surface area contributed by atoms with E-state index in [0.29, 0.717) is 11.1 Å². The molecule has 136 valence electrons. The number of rotatable bonds is 4. The minimum absolute atomic E-state index is 0.0231. The number of pyridine rings is 1. The molecule has 0 saturated heterocycles. The van der Waals surface area contributed by atoms with E-state index < -0.39 is 15.8 Å². The summed E-state index contributed by atoms with van der Waals surface area (Å²) in [7, 11) is -2.65. The average Bonchev–Trinajstić information content (AvgIpc) is 2.97. The summed E-state index contributed by atoms with van der Waals surface area (Å²) in [6.07, 6.45) is 1.64. The standard InChI is InChI=1S/C19H19NO5S/c1-12(2)16-17(19(22)25-3)20-11-5-4-6-15(20)18(16)26(23,24)14-9-7-13(21)8-10-14/h4-12,21H,1-3H3. The van der Waals surface area contributed by atoms with Gasteiger partial charge in [-0.25, -0.2) is 13.2 Å². The molecule has 3 aromatic rings. The van der Waals surface area contributed by atoms with Crippen LogP contribution in [0.15, 0.2) is 58.5 Å². The molecule has 2 aromatic heterocycles. The second-order valence-electron chi connectivity index (χ2n) is 6.19. The van der Waals surface area contributed by atoms with Crippen LogP contribution in [0.25, 0.3) is 5.52 Å². The van der Waals surface area contributed by atoms with E-state index in [2.05, 4.69) is 0 Å². The number of carbonyl (C=O) groups excluding carboxylic acids is 1. The third-order valence-electron chi connectivity index (χ3n) is 4.21. The van der Waals surface area contributed by atoms with Crippen molar-refractivity contribution in [2.24, 2.45) is 0 Å². The van der Waals surface area contributed by atoms with Gasteiger partial charge in [0.05, 0.1) is 17.5 Å². The molecule has 1 aromatic carbocycles. The number of hydrogen-bond donors (Lipinski definition) is 1. The quantitative estimate of drug-likeness (QED) is 0.709. The molecule has 26 heavy (non-hydrogen) atoms. The van der Waals surface area contributed by atoms with E-state index in [4.69, 9.17) is 4.74 Å². The highest BCUT2D eigenvalue weighted by atomic mass is 32.2. The summed E-state index contributed by atoms with van der Waals surface area (Å²) in [6.45, 7) is 3.66. The number of aromatic nitrogens is 1. The molecule has 3 rings (SSSR count). The van der Waals surface area contributed by atoms with Gasteiger partial charge in [-0.3, -0.25) is 0 Å². The van der Waals surface area contributed by atoms with Gasteiger partial charge in [0.2, 0.25) is 9.84 Å². The van der Waals surface area contributed by atoms with Gasteiger partial charge in [-0.05, 0) is 42.3 Å². The number of hydrogen-bond acceptors (Lipinski definition) is 5. The van der Waals surface area contributed by atoms with Gasteiger partial charge in [0.1, 0.15) is 16.3 Å². The number of esters is 1. The zero-order valence-electron chi connectivity index (χ0n) is 14.6. The topological polar surface area (TPSA) is 85.1 Å². The summed E-state index contributed by atoms with van der Waals surface area (Å²) in [6, 6.07) is 10.4. The Hall–Kier alpha value is -2.80. The number of carbonyl (C=O) groups is 1. The molecule has 0 spiro atoms. The van der Waals surface area contributed by atoms with Gasteiger partial charge in [-0.2, -0.15) is 0 Å². The van der Waals surface area contributed by atoms with Crippen molar-refractivity contribution < 1.29 is 23.1 Å². The van der Waals surface area contributed by atoms with Crippen LogP contribution >= 0.6 is 0 Å². The summed E-state index contributed by atoms with van der Waals surface area (Å²) >= 11 is 0. The second-order valence-corrected chi connectivity index (χ2v) is 8.08. The van der Waals surface area contributed by atoms with E-state index in [0.717, 1.165) is 0 Å². The molecule has 0 unspecified atom stereocenters. The predicted octanol–water partition coefficient (Wildman–Crippen LogP) is 3.39. The molecule has 2 heterocycles. The molecule has 0 bridgehead atoms. The lowest BCUT2D eigenvalue weighted by atomic mass is 10.0. The van der Waals surface area contributed by atoms with Gasteiger partial charge in [-0.1, -0.05) is 19.9 Å². The Balaban J connectivity index is 2.44. The van der Waals surface area contributed by atoms with Crippen molar-refractivity contribution in [2.75, 3.05) is 7.11 Å². The normalized spacial score (nSPS) is 11.8. The largest absolute Gasteiger partial charge is 0.508 e. The summed E-state index contributed by atoms with van der Waals surface area (Å²) in [5.74, 6) is -0.849. The lowest BCUT2D eigenvalue weighted by Crippen LogP contribution is -2.10. The number of benzene rings is 1. The highest BCUT2D eigenvalue weighted by Crippen LogP contribution is 2.37. The van der Waals surface area contributed by atoms with E-state index in [-0.39, 0.29) is 27.2 Å². The molecule has 0 aliphatic rings. The Morgan fingerprint density at radius 1 is 1.12 bits per heavy atom. The molecule has 0 saturated carbocycles. The Kier molecular flexibility index (Phi) is 4.50. The van der Waals surface area contributed by atoms with Crippen LogP contribution in [0.4, 0.5) is 0 Å². The molecule has 0 fully saturated rings. The van der Waals surface area contributed by atoms with Crippen LogP contribution < -0.4 is 0 Å².